The van der Waals surface area contributed by atoms with Gasteiger partial charge in [-0.05, 0) is 23.8 Å². The molecule has 6 heteroatoms. The zero-order valence-electron chi connectivity index (χ0n) is 9.42. The molecule has 0 radical (unpaired) electrons. The summed E-state index contributed by atoms with van der Waals surface area (Å²) in [6, 6.07) is 9.43. The van der Waals surface area contributed by atoms with Crippen LogP contribution in [0.1, 0.15) is 5.56 Å². The second-order valence-electron chi connectivity index (χ2n) is 3.80. The van der Waals surface area contributed by atoms with Crippen molar-refractivity contribution in [1.82, 2.24) is 20.0 Å². The van der Waals surface area contributed by atoms with E-state index in [-0.39, 0.29) is 0 Å². The van der Waals surface area contributed by atoms with Gasteiger partial charge in [0.15, 0.2) is 5.82 Å². The molecule has 0 unspecified atom stereocenters. The molecule has 2 N–H and O–H groups in total. The van der Waals surface area contributed by atoms with Gasteiger partial charge < -0.3 is 5.73 Å². The van der Waals surface area contributed by atoms with Crippen LogP contribution in [0.5, 0.6) is 0 Å². The SMILES string of the molecule is NCc1ccnc(-n2nnc3ccccc32)c1Cl. The van der Waals surface area contributed by atoms with E-state index >= 15 is 0 Å². The lowest BCUT2D eigenvalue weighted by atomic mass is 10.2. The van der Waals surface area contributed by atoms with Gasteiger partial charge in [0.25, 0.3) is 0 Å². The Balaban J connectivity index is 2.26. The van der Waals surface area contributed by atoms with Crippen LogP contribution >= 0.6 is 11.6 Å². The Bertz CT molecular complexity index is 707. The molecule has 90 valence electrons. The molecule has 18 heavy (non-hydrogen) atoms. The van der Waals surface area contributed by atoms with Crippen LogP contribution in [0.25, 0.3) is 16.9 Å². The fourth-order valence-electron chi connectivity index (χ4n) is 1.80. The maximum absolute atomic E-state index is 6.27. The summed E-state index contributed by atoms with van der Waals surface area (Å²) < 4.78 is 1.62. The minimum absolute atomic E-state index is 0.362. The predicted octanol–water partition coefficient (Wildman–Crippen LogP) is 1.93. The summed E-state index contributed by atoms with van der Waals surface area (Å²) in [5.74, 6) is 0.549. The fourth-order valence-corrected chi connectivity index (χ4v) is 2.07. The highest BCUT2D eigenvalue weighted by Gasteiger charge is 2.12. The van der Waals surface area contributed by atoms with E-state index in [1.165, 1.54) is 0 Å². The third-order valence-corrected chi connectivity index (χ3v) is 3.13. The van der Waals surface area contributed by atoms with E-state index in [2.05, 4.69) is 15.3 Å². The van der Waals surface area contributed by atoms with E-state index in [9.17, 15) is 0 Å². The summed E-state index contributed by atoms with van der Waals surface area (Å²) in [4.78, 5) is 4.25. The molecule has 2 aromatic heterocycles. The molecule has 0 aliphatic carbocycles. The van der Waals surface area contributed by atoms with Crippen LogP contribution in [-0.2, 0) is 6.54 Å². The standard InChI is InChI=1S/C12H10ClN5/c13-11-8(7-14)5-6-15-12(11)18-10-4-2-1-3-9(10)16-17-18/h1-6H,7,14H2. The van der Waals surface area contributed by atoms with Gasteiger partial charge in [0.1, 0.15) is 5.52 Å². The first-order valence-corrected chi connectivity index (χ1v) is 5.83. The Morgan fingerprint density at radius 2 is 2.06 bits per heavy atom. The minimum Gasteiger partial charge on any atom is -0.326 e. The highest BCUT2D eigenvalue weighted by atomic mass is 35.5. The third-order valence-electron chi connectivity index (χ3n) is 2.72. The molecule has 0 spiro atoms. The summed E-state index contributed by atoms with van der Waals surface area (Å²) in [6.07, 6.45) is 1.67. The van der Waals surface area contributed by atoms with E-state index < -0.39 is 0 Å². The van der Waals surface area contributed by atoms with Gasteiger partial charge in [-0.1, -0.05) is 28.9 Å². The van der Waals surface area contributed by atoms with Crippen molar-refractivity contribution in [3.05, 3.63) is 47.1 Å². The number of rotatable bonds is 2. The molecule has 1 aromatic carbocycles. The van der Waals surface area contributed by atoms with Crippen LogP contribution in [0.15, 0.2) is 36.5 Å². The number of nitrogens with two attached hydrogens (primary N) is 1. The molecular weight excluding hydrogens is 250 g/mol. The Morgan fingerprint density at radius 1 is 1.22 bits per heavy atom. The second kappa shape index (κ2) is 4.36. The van der Waals surface area contributed by atoms with Gasteiger partial charge in [0.2, 0.25) is 0 Å². The van der Waals surface area contributed by atoms with E-state index in [1.54, 1.807) is 16.9 Å². The van der Waals surface area contributed by atoms with Crippen molar-refractivity contribution in [2.45, 2.75) is 6.54 Å². The van der Waals surface area contributed by atoms with Gasteiger partial charge in [-0.25, -0.2) is 4.98 Å². The van der Waals surface area contributed by atoms with E-state index in [4.69, 9.17) is 17.3 Å². The molecule has 0 aliphatic rings. The van der Waals surface area contributed by atoms with Crippen LogP contribution in [0.2, 0.25) is 5.02 Å². The molecule has 3 aromatic rings. The molecule has 5 nitrogen and oxygen atoms in total. The summed E-state index contributed by atoms with van der Waals surface area (Å²) in [7, 11) is 0. The minimum atomic E-state index is 0.362. The summed E-state index contributed by atoms with van der Waals surface area (Å²) >= 11 is 6.27. The Hall–Kier alpha value is -1.98. The lowest BCUT2D eigenvalue weighted by Crippen LogP contribution is -2.05. The van der Waals surface area contributed by atoms with Crippen molar-refractivity contribution < 1.29 is 0 Å². The van der Waals surface area contributed by atoms with Gasteiger partial charge in [0, 0.05) is 12.7 Å². The summed E-state index contributed by atoms with van der Waals surface area (Å²) in [5, 5.41) is 8.67. The molecule has 0 saturated heterocycles. The van der Waals surface area contributed by atoms with Crippen molar-refractivity contribution in [3.63, 3.8) is 0 Å². The molecule has 0 saturated carbocycles. The first-order valence-electron chi connectivity index (χ1n) is 5.45. The number of hydrogen-bond donors (Lipinski definition) is 1. The molecule has 0 aliphatic heterocycles. The number of hydrogen-bond acceptors (Lipinski definition) is 4. The third kappa shape index (κ3) is 1.64. The quantitative estimate of drug-likeness (QED) is 0.763. The first-order chi connectivity index (χ1) is 8.81. The highest BCUT2D eigenvalue weighted by Crippen LogP contribution is 2.24. The number of pyridine rings is 1. The molecule has 3 rings (SSSR count). The zero-order chi connectivity index (χ0) is 12.5. The Kier molecular flexibility index (Phi) is 2.70. The Morgan fingerprint density at radius 3 is 2.89 bits per heavy atom. The molecule has 0 fully saturated rings. The lowest BCUT2D eigenvalue weighted by Gasteiger charge is -2.06. The summed E-state index contributed by atoms with van der Waals surface area (Å²) in [5.41, 5.74) is 8.12. The smallest absolute Gasteiger partial charge is 0.174 e. The summed E-state index contributed by atoms with van der Waals surface area (Å²) in [6.45, 7) is 0.362. The van der Waals surface area contributed by atoms with Gasteiger partial charge in [0.05, 0.1) is 10.5 Å². The predicted molar refractivity (Wildman–Crippen MR) is 69.6 cm³/mol. The molecule has 2 heterocycles. The van der Waals surface area contributed by atoms with E-state index in [1.807, 2.05) is 24.3 Å². The Labute approximate surface area is 108 Å². The molecule has 0 amide bonds. The number of aromatic nitrogens is 4. The van der Waals surface area contributed by atoms with Gasteiger partial charge in [-0.15, -0.1) is 5.10 Å². The van der Waals surface area contributed by atoms with Crippen LogP contribution < -0.4 is 5.73 Å². The van der Waals surface area contributed by atoms with Gasteiger partial charge >= 0.3 is 0 Å². The number of para-hydroxylation sites is 1. The molecule has 0 atom stereocenters. The number of nitrogens with zero attached hydrogens (tertiary/aromatic N) is 4. The fraction of sp³-hybridized carbons (Fsp3) is 0.0833. The van der Waals surface area contributed by atoms with Crippen LogP contribution in [0, 0.1) is 0 Å². The topological polar surface area (TPSA) is 69.6 Å². The van der Waals surface area contributed by atoms with Crippen LogP contribution in [0.4, 0.5) is 0 Å². The van der Waals surface area contributed by atoms with Gasteiger partial charge in [-0.3, -0.25) is 0 Å². The van der Waals surface area contributed by atoms with Crippen molar-refractivity contribution >= 4 is 22.6 Å². The number of halogens is 1. The maximum atomic E-state index is 6.27. The second-order valence-corrected chi connectivity index (χ2v) is 4.18. The highest BCUT2D eigenvalue weighted by molar-refractivity contribution is 6.33. The van der Waals surface area contributed by atoms with Crippen molar-refractivity contribution in [2.75, 3.05) is 0 Å². The monoisotopic (exact) mass is 259 g/mol. The molecule has 0 bridgehead atoms. The molecular formula is C12H10ClN5. The average Bonchev–Trinajstić information content (AvgIpc) is 2.83. The van der Waals surface area contributed by atoms with Crippen molar-refractivity contribution in [3.8, 4) is 5.82 Å². The largest absolute Gasteiger partial charge is 0.326 e. The van der Waals surface area contributed by atoms with Crippen molar-refractivity contribution in [1.29, 1.82) is 0 Å². The maximum Gasteiger partial charge on any atom is 0.174 e. The zero-order valence-corrected chi connectivity index (χ0v) is 10.2. The first kappa shape index (κ1) is 11.1. The van der Waals surface area contributed by atoms with E-state index in [0.29, 0.717) is 17.4 Å². The van der Waals surface area contributed by atoms with Crippen LogP contribution in [-0.4, -0.2) is 20.0 Å². The normalized spacial score (nSPS) is 11.0. The average molecular weight is 260 g/mol. The number of fused-ring (bicyclic) bond motifs is 1. The lowest BCUT2D eigenvalue weighted by molar-refractivity contribution is 0.798. The number of benzene rings is 1. The van der Waals surface area contributed by atoms with Crippen LogP contribution in [0.3, 0.4) is 0 Å². The van der Waals surface area contributed by atoms with Crippen molar-refractivity contribution in [2.24, 2.45) is 5.73 Å². The van der Waals surface area contributed by atoms with E-state index in [0.717, 1.165) is 16.6 Å². The van der Waals surface area contributed by atoms with Gasteiger partial charge in [-0.2, -0.15) is 4.68 Å².